The van der Waals surface area contributed by atoms with E-state index in [0.717, 1.165) is 18.4 Å². The van der Waals surface area contributed by atoms with E-state index in [1.54, 1.807) is 13.2 Å². The molecule has 0 unspecified atom stereocenters. The smallest absolute Gasteiger partial charge is 0.239 e. The fourth-order valence-electron chi connectivity index (χ4n) is 2.92. The highest BCUT2D eigenvalue weighted by Gasteiger charge is 2.27. The molecule has 7 nitrogen and oxygen atoms in total. The SMILES string of the molecule is COCCCn1c(SCC(=O)N2CCCC2=O)nnc1-c1ccccc1Cl. The van der Waals surface area contributed by atoms with Crippen molar-refractivity contribution in [1.29, 1.82) is 0 Å². The Balaban J connectivity index is 1.78. The lowest BCUT2D eigenvalue weighted by molar-refractivity contribution is -0.140. The summed E-state index contributed by atoms with van der Waals surface area (Å²) >= 11 is 7.61. The predicted octanol–water partition coefficient (Wildman–Crippen LogP) is 2.88. The number of thioether (sulfide) groups is 1. The van der Waals surface area contributed by atoms with Crippen LogP contribution < -0.4 is 0 Å². The van der Waals surface area contributed by atoms with Crippen LogP contribution in [0.1, 0.15) is 19.3 Å². The van der Waals surface area contributed by atoms with Gasteiger partial charge in [-0.25, -0.2) is 0 Å². The van der Waals surface area contributed by atoms with Crippen LogP contribution in [0.4, 0.5) is 0 Å². The maximum absolute atomic E-state index is 12.3. The van der Waals surface area contributed by atoms with Crippen LogP contribution in [-0.2, 0) is 20.9 Å². The molecule has 3 rings (SSSR count). The second-order valence-electron chi connectivity index (χ2n) is 6.12. The van der Waals surface area contributed by atoms with E-state index in [-0.39, 0.29) is 17.6 Å². The maximum Gasteiger partial charge on any atom is 0.239 e. The topological polar surface area (TPSA) is 77.3 Å². The number of nitrogens with zero attached hydrogens (tertiary/aromatic N) is 4. The molecule has 0 N–H and O–H groups in total. The van der Waals surface area contributed by atoms with Crippen LogP contribution in [0.2, 0.25) is 5.02 Å². The maximum atomic E-state index is 12.3. The molecule has 1 fully saturated rings. The van der Waals surface area contributed by atoms with Gasteiger partial charge in [0.1, 0.15) is 0 Å². The molecule has 0 spiro atoms. The Kier molecular flexibility index (Phi) is 6.87. The molecule has 144 valence electrons. The van der Waals surface area contributed by atoms with Gasteiger partial charge in [0.05, 0.1) is 10.8 Å². The number of imide groups is 1. The number of likely N-dealkylation sites (tertiary alicyclic amines) is 1. The number of carbonyl (C=O) groups excluding carboxylic acids is 2. The number of hydrogen-bond acceptors (Lipinski definition) is 6. The van der Waals surface area contributed by atoms with E-state index in [0.29, 0.717) is 42.1 Å². The zero-order valence-corrected chi connectivity index (χ0v) is 16.6. The second-order valence-corrected chi connectivity index (χ2v) is 7.47. The summed E-state index contributed by atoms with van der Waals surface area (Å²) in [6.45, 7) is 1.75. The Morgan fingerprint density at radius 1 is 1.33 bits per heavy atom. The summed E-state index contributed by atoms with van der Waals surface area (Å²) < 4.78 is 7.09. The van der Waals surface area contributed by atoms with Gasteiger partial charge in [-0.1, -0.05) is 35.5 Å². The Labute approximate surface area is 167 Å². The van der Waals surface area contributed by atoms with E-state index in [1.165, 1.54) is 16.7 Å². The number of aromatic nitrogens is 3. The molecular formula is C18H21ClN4O3S. The molecule has 1 saturated heterocycles. The molecule has 1 aromatic heterocycles. The minimum atomic E-state index is -0.187. The quantitative estimate of drug-likeness (QED) is 0.493. The van der Waals surface area contributed by atoms with Crippen LogP contribution in [-0.4, -0.2) is 57.5 Å². The molecule has 9 heteroatoms. The monoisotopic (exact) mass is 408 g/mol. The predicted molar refractivity (Wildman–Crippen MR) is 104 cm³/mol. The number of hydrogen-bond donors (Lipinski definition) is 0. The highest BCUT2D eigenvalue weighted by Crippen LogP contribution is 2.29. The summed E-state index contributed by atoms with van der Waals surface area (Å²) in [5, 5.41) is 9.76. The Bertz CT molecular complexity index is 827. The van der Waals surface area contributed by atoms with Gasteiger partial charge < -0.3 is 9.30 Å². The average Bonchev–Trinajstić information content (AvgIpc) is 3.27. The van der Waals surface area contributed by atoms with Crippen LogP contribution in [0.3, 0.4) is 0 Å². The fraction of sp³-hybridized carbons (Fsp3) is 0.444. The van der Waals surface area contributed by atoms with Gasteiger partial charge in [0, 0.05) is 38.8 Å². The van der Waals surface area contributed by atoms with Crippen molar-refractivity contribution in [3.8, 4) is 11.4 Å². The van der Waals surface area contributed by atoms with Crippen molar-refractivity contribution in [2.24, 2.45) is 0 Å². The number of rotatable bonds is 8. The van der Waals surface area contributed by atoms with Gasteiger partial charge >= 0.3 is 0 Å². The highest BCUT2D eigenvalue weighted by atomic mass is 35.5. The van der Waals surface area contributed by atoms with Crippen LogP contribution >= 0.6 is 23.4 Å². The van der Waals surface area contributed by atoms with Crippen LogP contribution in [0.5, 0.6) is 0 Å². The molecule has 0 atom stereocenters. The molecule has 2 heterocycles. The van der Waals surface area contributed by atoms with Gasteiger partial charge in [-0.15, -0.1) is 10.2 Å². The number of benzene rings is 1. The molecule has 2 amide bonds. The summed E-state index contributed by atoms with van der Waals surface area (Å²) in [4.78, 5) is 25.4. The lowest BCUT2D eigenvalue weighted by atomic mass is 10.2. The van der Waals surface area contributed by atoms with E-state index in [2.05, 4.69) is 10.2 Å². The normalized spacial score (nSPS) is 14.1. The molecular weight excluding hydrogens is 388 g/mol. The molecule has 0 saturated carbocycles. The Morgan fingerprint density at radius 2 is 2.15 bits per heavy atom. The molecule has 1 aliphatic heterocycles. The van der Waals surface area contributed by atoms with Crippen molar-refractivity contribution in [3.63, 3.8) is 0 Å². The van der Waals surface area contributed by atoms with E-state index >= 15 is 0 Å². The summed E-state index contributed by atoms with van der Waals surface area (Å²) in [6, 6.07) is 7.45. The lowest BCUT2D eigenvalue weighted by Gasteiger charge is -2.14. The van der Waals surface area contributed by atoms with Gasteiger partial charge in [-0.2, -0.15) is 0 Å². The van der Waals surface area contributed by atoms with E-state index in [4.69, 9.17) is 16.3 Å². The number of carbonyl (C=O) groups is 2. The van der Waals surface area contributed by atoms with Gasteiger partial charge in [0.15, 0.2) is 11.0 Å². The van der Waals surface area contributed by atoms with Gasteiger partial charge in [-0.05, 0) is 25.0 Å². The summed E-state index contributed by atoms with van der Waals surface area (Å²) in [7, 11) is 1.66. The molecule has 0 bridgehead atoms. The third-order valence-electron chi connectivity index (χ3n) is 4.26. The molecule has 1 aliphatic rings. The number of ether oxygens (including phenoxy) is 1. The lowest BCUT2D eigenvalue weighted by Crippen LogP contribution is -2.33. The van der Waals surface area contributed by atoms with Gasteiger partial charge in [-0.3, -0.25) is 14.5 Å². The first kappa shape index (κ1) is 19.9. The van der Waals surface area contributed by atoms with E-state index in [1.807, 2.05) is 22.8 Å². The number of halogens is 1. The van der Waals surface area contributed by atoms with E-state index < -0.39 is 0 Å². The van der Waals surface area contributed by atoms with Crippen LogP contribution in [0.15, 0.2) is 29.4 Å². The fourth-order valence-corrected chi connectivity index (χ4v) is 3.98. The van der Waals surface area contributed by atoms with Crippen LogP contribution in [0.25, 0.3) is 11.4 Å². The van der Waals surface area contributed by atoms with Crippen molar-refractivity contribution in [2.45, 2.75) is 31.0 Å². The molecule has 27 heavy (non-hydrogen) atoms. The third kappa shape index (κ3) is 4.69. The van der Waals surface area contributed by atoms with E-state index in [9.17, 15) is 9.59 Å². The average molecular weight is 409 g/mol. The zero-order valence-electron chi connectivity index (χ0n) is 15.1. The van der Waals surface area contributed by atoms with Crippen molar-refractivity contribution in [3.05, 3.63) is 29.3 Å². The van der Waals surface area contributed by atoms with Crippen molar-refractivity contribution in [1.82, 2.24) is 19.7 Å². The Morgan fingerprint density at radius 3 is 2.85 bits per heavy atom. The first-order valence-corrected chi connectivity index (χ1v) is 10.1. The first-order valence-electron chi connectivity index (χ1n) is 8.75. The van der Waals surface area contributed by atoms with Gasteiger partial charge in [0.2, 0.25) is 11.8 Å². The molecule has 1 aromatic carbocycles. The van der Waals surface area contributed by atoms with Gasteiger partial charge in [0.25, 0.3) is 0 Å². The summed E-state index contributed by atoms with van der Waals surface area (Å²) in [5.41, 5.74) is 0.789. The molecule has 0 radical (unpaired) electrons. The summed E-state index contributed by atoms with van der Waals surface area (Å²) in [6.07, 6.45) is 1.96. The second kappa shape index (κ2) is 9.34. The minimum absolute atomic E-state index is 0.0982. The van der Waals surface area contributed by atoms with Crippen LogP contribution in [0, 0.1) is 0 Å². The third-order valence-corrected chi connectivity index (χ3v) is 5.54. The van der Waals surface area contributed by atoms with Crippen molar-refractivity contribution in [2.75, 3.05) is 26.0 Å². The standard InChI is InChI=1S/C18H21ClN4O3S/c1-26-11-5-10-23-17(13-6-2-3-7-14(13)19)20-21-18(23)27-12-16(25)22-9-4-8-15(22)24/h2-3,6-7H,4-5,8-12H2,1H3. The minimum Gasteiger partial charge on any atom is -0.385 e. The zero-order chi connectivity index (χ0) is 19.2. The molecule has 0 aliphatic carbocycles. The number of methoxy groups -OCH3 is 1. The molecule has 2 aromatic rings. The Hall–Kier alpha value is -1.90. The largest absolute Gasteiger partial charge is 0.385 e. The first-order chi connectivity index (χ1) is 13.1. The summed E-state index contributed by atoms with van der Waals surface area (Å²) in [5.74, 6) is 0.521. The van der Waals surface area contributed by atoms with Crippen molar-refractivity contribution < 1.29 is 14.3 Å². The highest BCUT2D eigenvalue weighted by molar-refractivity contribution is 7.99. The number of amides is 2. The van der Waals surface area contributed by atoms with Crippen molar-refractivity contribution >= 4 is 35.2 Å².